The molecule has 2 aromatic rings. The predicted molar refractivity (Wildman–Crippen MR) is 69.3 cm³/mol. The SMILES string of the molecule is Cc1cccc(CNCCCc2ncn[nH]2)c1O. The van der Waals surface area contributed by atoms with E-state index in [-0.39, 0.29) is 0 Å². The van der Waals surface area contributed by atoms with Crippen molar-refractivity contribution in [3.8, 4) is 5.75 Å². The number of nitrogens with one attached hydrogen (secondary N) is 2. The smallest absolute Gasteiger partial charge is 0.137 e. The van der Waals surface area contributed by atoms with Gasteiger partial charge < -0.3 is 10.4 Å². The summed E-state index contributed by atoms with van der Waals surface area (Å²) in [5.41, 5.74) is 1.85. The van der Waals surface area contributed by atoms with Gasteiger partial charge in [0.15, 0.2) is 0 Å². The topological polar surface area (TPSA) is 73.8 Å². The molecular formula is C13H18N4O. The molecule has 96 valence electrons. The van der Waals surface area contributed by atoms with Gasteiger partial charge in [-0.3, -0.25) is 5.10 Å². The highest BCUT2D eigenvalue weighted by molar-refractivity contribution is 5.39. The normalized spacial score (nSPS) is 10.7. The van der Waals surface area contributed by atoms with Gasteiger partial charge in [-0.25, -0.2) is 4.98 Å². The van der Waals surface area contributed by atoms with Gasteiger partial charge in [0.1, 0.15) is 17.9 Å². The zero-order valence-electron chi connectivity index (χ0n) is 10.5. The lowest BCUT2D eigenvalue weighted by atomic mass is 10.1. The highest BCUT2D eigenvalue weighted by atomic mass is 16.3. The molecule has 0 unspecified atom stereocenters. The molecule has 0 amide bonds. The van der Waals surface area contributed by atoms with Gasteiger partial charge in [-0.15, -0.1) is 0 Å². The van der Waals surface area contributed by atoms with E-state index in [1.165, 1.54) is 6.33 Å². The van der Waals surface area contributed by atoms with Crippen molar-refractivity contribution in [2.45, 2.75) is 26.3 Å². The Bertz CT molecular complexity index is 482. The van der Waals surface area contributed by atoms with Crippen LogP contribution in [0, 0.1) is 6.92 Å². The molecule has 2 rings (SSSR count). The molecule has 1 heterocycles. The average molecular weight is 246 g/mol. The number of H-pyrrole nitrogens is 1. The molecule has 5 heteroatoms. The van der Waals surface area contributed by atoms with Crippen LogP contribution in [0.15, 0.2) is 24.5 Å². The van der Waals surface area contributed by atoms with Crippen molar-refractivity contribution < 1.29 is 5.11 Å². The molecule has 5 nitrogen and oxygen atoms in total. The number of phenolic OH excluding ortho intramolecular Hbond substituents is 1. The molecule has 0 aliphatic rings. The Balaban J connectivity index is 1.70. The molecular weight excluding hydrogens is 228 g/mol. The number of phenols is 1. The minimum Gasteiger partial charge on any atom is -0.507 e. The number of aryl methyl sites for hydroxylation is 2. The number of hydrogen-bond acceptors (Lipinski definition) is 4. The van der Waals surface area contributed by atoms with Crippen LogP contribution in [0.2, 0.25) is 0 Å². The molecule has 0 atom stereocenters. The maximum absolute atomic E-state index is 9.84. The monoisotopic (exact) mass is 246 g/mol. The van der Waals surface area contributed by atoms with Crippen molar-refractivity contribution in [3.05, 3.63) is 41.5 Å². The number of benzene rings is 1. The van der Waals surface area contributed by atoms with Crippen LogP contribution in [0.3, 0.4) is 0 Å². The van der Waals surface area contributed by atoms with E-state index in [0.717, 1.165) is 36.3 Å². The van der Waals surface area contributed by atoms with Crippen LogP contribution in [0.4, 0.5) is 0 Å². The Labute approximate surface area is 106 Å². The van der Waals surface area contributed by atoms with Gasteiger partial charge in [0.2, 0.25) is 0 Å². The second kappa shape index (κ2) is 6.16. The van der Waals surface area contributed by atoms with Crippen LogP contribution in [0.25, 0.3) is 0 Å². The van der Waals surface area contributed by atoms with Crippen LogP contribution < -0.4 is 5.32 Å². The van der Waals surface area contributed by atoms with Crippen LogP contribution >= 0.6 is 0 Å². The summed E-state index contributed by atoms with van der Waals surface area (Å²) in [6.07, 6.45) is 3.39. The zero-order chi connectivity index (χ0) is 12.8. The largest absolute Gasteiger partial charge is 0.507 e. The third kappa shape index (κ3) is 3.30. The van der Waals surface area contributed by atoms with E-state index in [9.17, 15) is 5.11 Å². The lowest BCUT2D eigenvalue weighted by molar-refractivity contribution is 0.460. The molecule has 0 aliphatic carbocycles. The van der Waals surface area contributed by atoms with Crippen molar-refractivity contribution >= 4 is 0 Å². The molecule has 0 aliphatic heterocycles. The second-order valence-electron chi connectivity index (χ2n) is 4.30. The lowest BCUT2D eigenvalue weighted by Crippen LogP contribution is -2.15. The number of aromatic hydroxyl groups is 1. The molecule has 3 N–H and O–H groups in total. The van der Waals surface area contributed by atoms with E-state index in [0.29, 0.717) is 12.3 Å². The van der Waals surface area contributed by atoms with Crippen LogP contribution in [0.1, 0.15) is 23.4 Å². The number of rotatable bonds is 6. The van der Waals surface area contributed by atoms with E-state index in [4.69, 9.17) is 0 Å². The van der Waals surface area contributed by atoms with Crippen LogP contribution in [-0.2, 0) is 13.0 Å². The molecule has 1 aromatic carbocycles. The van der Waals surface area contributed by atoms with E-state index >= 15 is 0 Å². The Hall–Kier alpha value is -1.88. The number of aromatic amines is 1. The first-order valence-corrected chi connectivity index (χ1v) is 6.10. The Morgan fingerprint density at radius 3 is 3.06 bits per heavy atom. The minimum absolute atomic E-state index is 0.389. The second-order valence-corrected chi connectivity index (χ2v) is 4.30. The Kier molecular flexibility index (Phi) is 4.30. The summed E-state index contributed by atoms with van der Waals surface area (Å²) in [5.74, 6) is 1.30. The van der Waals surface area contributed by atoms with Crippen LogP contribution in [0.5, 0.6) is 5.75 Å². The number of para-hydroxylation sites is 1. The van der Waals surface area contributed by atoms with Crippen molar-refractivity contribution in [2.75, 3.05) is 6.54 Å². The van der Waals surface area contributed by atoms with Crippen LogP contribution in [-0.4, -0.2) is 26.8 Å². The van der Waals surface area contributed by atoms with Gasteiger partial charge >= 0.3 is 0 Å². The van der Waals surface area contributed by atoms with E-state index < -0.39 is 0 Å². The molecule has 0 saturated carbocycles. The summed E-state index contributed by atoms with van der Waals surface area (Å²) < 4.78 is 0. The van der Waals surface area contributed by atoms with Gasteiger partial charge in [0, 0.05) is 18.5 Å². The standard InChI is InChI=1S/C13H18N4O/c1-10-4-2-5-11(13(10)18)8-14-7-3-6-12-15-9-16-17-12/h2,4-5,9,14,18H,3,6-8H2,1H3,(H,15,16,17). The predicted octanol–water partition coefficient (Wildman–Crippen LogP) is 1.54. The summed E-state index contributed by atoms with van der Waals surface area (Å²) in [4.78, 5) is 4.06. The number of nitrogens with zero attached hydrogens (tertiary/aromatic N) is 2. The van der Waals surface area contributed by atoms with Crippen molar-refractivity contribution in [2.24, 2.45) is 0 Å². The lowest BCUT2D eigenvalue weighted by Gasteiger charge is -2.08. The summed E-state index contributed by atoms with van der Waals surface area (Å²) in [6.45, 7) is 3.47. The quantitative estimate of drug-likeness (QED) is 0.676. The summed E-state index contributed by atoms with van der Waals surface area (Å²) in [7, 11) is 0. The average Bonchev–Trinajstić information content (AvgIpc) is 2.87. The number of aromatic nitrogens is 3. The van der Waals surface area contributed by atoms with Gasteiger partial charge in [-0.2, -0.15) is 5.10 Å². The molecule has 0 fully saturated rings. The first kappa shape index (κ1) is 12.6. The van der Waals surface area contributed by atoms with E-state index in [1.807, 2.05) is 25.1 Å². The zero-order valence-corrected chi connectivity index (χ0v) is 10.5. The fraction of sp³-hybridized carbons (Fsp3) is 0.385. The molecule has 1 aromatic heterocycles. The third-order valence-electron chi connectivity index (χ3n) is 2.87. The van der Waals surface area contributed by atoms with Gasteiger partial charge in [-0.1, -0.05) is 18.2 Å². The molecule has 0 saturated heterocycles. The maximum atomic E-state index is 9.84. The fourth-order valence-electron chi connectivity index (χ4n) is 1.82. The maximum Gasteiger partial charge on any atom is 0.137 e. The molecule has 0 radical (unpaired) electrons. The fourth-order valence-corrected chi connectivity index (χ4v) is 1.82. The highest BCUT2D eigenvalue weighted by Crippen LogP contribution is 2.20. The van der Waals surface area contributed by atoms with Gasteiger partial charge in [-0.05, 0) is 25.5 Å². The van der Waals surface area contributed by atoms with Gasteiger partial charge in [0.25, 0.3) is 0 Å². The molecule has 18 heavy (non-hydrogen) atoms. The van der Waals surface area contributed by atoms with E-state index in [1.54, 1.807) is 0 Å². The Morgan fingerprint density at radius 1 is 1.39 bits per heavy atom. The van der Waals surface area contributed by atoms with Crippen molar-refractivity contribution in [1.82, 2.24) is 20.5 Å². The first-order valence-electron chi connectivity index (χ1n) is 6.10. The minimum atomic E-state index is 0.389. The summed E-state index contributed by atoms with van der Waals surface area (Å²) in [6, 6.07) is 5.80. The van der Waals surface area contributed by atoms with Crippen molar-refractivity contribution in [1.29, 1.82) is 0 Å². The highest BCUT2D eigenvalue weighted by Gasteiger charge is 2.02. The summed E-state index contributed by atoms with van der Waals surface area (Å²) >= 11 is 0. The molecule has 0 spiro atoms. The van der Waals surface area contributed by atoms with Crippen molar-refractivity contribution in [3.63, 3.8) is 0 Å². The number of hydrogen-bond donors (Lipinski definition) is 3. The summed E-state index contributed by atoms with van der Waals surface area (Å²) in [5, 5.41) is 19.8. The first-order chi connectivity index (χ1) is 8.77. The van der Waals surface area contributed by atoms with E-state index in [2.05, 4.69) is 20.5 Å². The Morgan fingerprint density at radius 2 is 2.28 bits per heavy atom. The molecule has 0 bridgehead atoms. The third-order valence-corrected chi connectivity index (χ3v) is 2.87. The van der Waals surface area contributed by atoms with Gasteiger partial charge in [0.05, 0.1) is 0 Å².